The second-order valence-electron chi connectivity index (χ2n) is 3.68. The van der Waals surface area contributed by atoms with Crippen LogP contribution in [0.4, 0.5) is 11.4 Å². The van der Waals surface area contributed by atoms with E-state index in [9.17, 15) is 13.2 Å². The van der Waals surface area contributed by atoms with Gasteiger partial charge in [0.25, 0.3) is 0 Å². The Hall–Kier alpha value is -2.07. The van der Waals surface area contributed by atoms with Crippen molar-refractivity contribution < 1.29 is 13.2 Å². The topological polar surface area (TPSA) is 99.1 Å². The van der Waals surface area contributed by atoms with E-state index in [0.29, 0.717) is 11.4 Å². The lowest BCUT2D eigenvalue weighted by Gasteiger charge is -2.09. The maximum absolute atomic E-state index is 11.6. The zero-order valence-electron chi connectivity index (χ0n) is 9.97. The van der Waals surface area contributed by atoms with E-state index in [1.165, 1.54) is 26.0 Å². The average Bonchev–Trinajstić information content (AvgIpc) is 2.29. The Morgan fingerprint density at radius 3 is 2.22 bits per heavy atom. The minimum Gasteiger partial charge on any atom is -0.326 e. The molecule has 0 spiro atoms. The van der Waals surface area contributed by atoms with Gasteiger partial charge in [-0.1, -0.05) is 0 Å². The molecule has 1 aromatic rings. The molecular formula is C11H13N3O3S. The molecular weight excluding hydrogens is 254 g/mol. The molecule has 1 unspecified atom stereocenters. The van der Waals surface area contributed by atoms with E-state index in [4.69, 9.17) is 5.26 Å². The molecule has 1 atom stereocenters. The average molecular weight is 267 g/mol. The van der Waals surface area contributed by atoms with Gasteiger partial charge in [0.1, 0.15) is 0 Å². The number of nitrogens with zero attached hydrogens (tertiary/aromatic N) is 1. The van der Waals surface area contributed by atoms with Crippen LogP contribution in [-0.4, -0.2) is 19.6 Å². The van der Waals surface area contributed by atoms with Crippen LogP contribution in [0.15, 0.2) is 24.3 Å². The number of anilines is 2. The summed E-state index contributed by atoms with van der Waals surface area (Å²) in [6, 6.07) is 7.80. The van der Waals surface area contributed by atoms with Crippen LogP contribution < -0.4 is 10.0 Å². The Balaban J connectivity index is 2.82. The summed E-state index contributed by atoms with van der Waals surface area (Å²) in [6.45, 7) is 2.68. The van der Waals surface area contributed by atoms with Gasteiger partial charge in [-0.15, -0.1) is 0 Å². The van der Waals surface area contributed by atoms with Crippen LogP contribution in [0.5, 0.6) is 0 Å². The van der Waals surface area contributed by atoms with E-state index < -0.39 is 15.3 Å². The summed E-state index contributed by atoms with van der Waals surface area (Å²) in [7, 11) is -3.70. The summed E-state index contributed by atoms with van der Waals surface area (Å²) >= 11 is 0. The first-order valence-electron chi connectivity index (χ1n) is 5.14. The fourth-order valence-corrected chi connectivity index (χ4v) is 1.93. The number of benzene rings is 1. The summed E-state index contributed by atoms with van der Waals surface area (Å²) in [6.07, 6.45) is 0. The molecule has 6 nitrogen and oxygen atoms in total. The van der Waals surface area contributed by atoms with Gasteiger partial charge in [0.15, 0.2) is 5.25 Å². The Morgan fingerprint density at radius 2 is 1.78 bits per heavy atom. The number of carbonyl (C=O) groups is 1. The van der Waals surface area contributed by atoms with Crippen molar-refractivity contribution in [3.63, 3.8) is 0 Å². The number of nitriles is 1. The maximum Gasteiger partial charge on any atom is 0.248 e. The molecule has 0 aliphatic carbocycles. The molecule has 0 aliphatic rings. The lowest BCUT2D eigenvalue weighted by atomic mass is 10.3. The zero-order valence-corrected chi connectivity index (χ0v) is 10.8. The number of amides is 1. The van der Waals surface area contributed by atoms with E-state index >= 15 is 0 Å². The molecule has 0 saturated heterocycles. The van der Waals surface area contributed by atoms with Crippen LogP contribution in [0, 0.1) is 11.3 Å². The number of rotatable bonds is 4. The molecule has 96 valence electrons. The van der Waals surface area contributed by atoms with Gasteiger partial charge >= 0.3 is 0 Å². The molecule has 0 bridgehead atoms. The molecule has 1 amide bonds. The van der Waals surface area contributed by atoms with E-state index in [-0.39, 0.29) is 5.91 Å². The molecule has 1 rings (SSSR count). The van der Waals surface area contributed by atoms with E-state index in [2.05, 4.69) is 10.0 Å². The second-order valence-corrected chi connectivity index (χ2v) is 5.68. The molecule has 1 aromatic carbocycles. The number of hydrogen-bond acceptors (Lipinski definition) is 4. The fraction of sp³-hybridized carbons (Fsp3) is 0.273. The Labute approximate surface area is 106 Å². The van der Waals surface area contributed by atoms with Gasteiger partial charge in [-0.3, -0.25) is 9.52 Å². The number of carbonyl (C=O) groups excluding carboxylic acids is 1. The highest BCUT2D eigenvalue weighted by Gasteiger charge is 2.19. The van der Waals surface area contributed by atoms with Crippen LogP contribution in [0.2, 0.25) is 0 Å². The Morgan fingerprint density at radius 1 is 1.28 bits per heavy atom. The second kappa shape index (κ2) is 5.51. The fourth-order valence-electron chi connectivity index (χ4n) is 1.15. The van der Waals surface area contributed by atoms with E-state index in [1.54, 1.807) is 18.2 Å². The highest BCUT2D eigenvalue weighted by Crippen LogP contribution is 2.16. The molecule has 0 fully saturated rings. The third-order valence-electron chi connectivity index (χ3n) is 2.11. The quantitative estimate of drug-likeness (QED) is 0.858. The van der Waals surface area contributed by atoms with Gasteiger partial charge < -0.3 is 5.32 Å². The normalized spacial score (nSPS) is 12.3. The van der Waals surface area contributed by atoms with Crippen LogP contribution in [0.3, 0.4) is 0 Å². The first-order valence-corrected chi connectivity index (χ1v) is 6.68. The predicted octanol–water partition coefficient (Wildman–Crippen LogP) is 1.30. The SMILES string of the molecule is CC(=O)Nc1ccc(NS(=O)(=O)C(C)C#N)cc1. The number of hydrogen-bond donors (Lipinski definition) is 2. The lowest BCUT2D eigenvalue weighted by molar-refractivity contribution is -0.114. The largest absolute Gasteiger partial charge is 0.326 e. The third-order valence-corrected chi connectivity index (χ3v) is 3.67. The molecule has 0 aliphatic heterocycles. The highest BCUT2D eigenvalue weighted by molar-refractivity contribution is 7.93. The summed E-state index contributed by atoms with van der Waals surface area (Å²) in [5.74, 6) is -0.207. The van der Waals surface area contributed by atoms with Crippen molar-refractivity contribution in [2.24, 2.45) is 0 Å². The molecule has 18 heavy (non-hydrogen) atoms. The Bertz CT molecular complexity index is 573. The van der Waals surface area contributed by atoms with Crippen molar-refractivity contribution in [2.75, 3.05) is 10.0 Å². The van der Waals surface area contributed by atoms with E-state index in [1.807, 2.05) is 0 Å². The predicted molar refractivity (Wildman–Crippen MR) is 68.4 cm³/mol. The van der Waals surface area contributed by atoms with Gasteiger partial charge in [-0.25, -0.2) is 8.42 Å². The Kier molecular flexibility index (Phi) is 4.28. The summed E-state index contributed by atoms with van der Waals surface area (Å²) in [5.41, 5.74) is 0.907. The van der Waals surface area contributed by atoms with Crippen LogP contribution in [-0.2, 0) is 14.8 Å². The monoisotopic (exact) mass is 267 g/mol. The van der Waals surface area contributed by atoms with Crippen LogP contribution in [0.1, 0.15) is 13.8 Å². The molecule has 0 saturated carbocycles. The van der Waals surface area contributed by atoms with Gasteiger partial charge in [0.05, 0.1) is 6.07 Å². The minimum absolute atomic E-state index is 0.207. The lowest BCUT2D eigenvalue weighted by Crippen LogP contribution is -2.23. The molecule has 0 aromatic heterocycles. The van der Waals surface area contributed by atoms with Crippen molar-refractivity contribution in [3.8, 4) is 6.07 Å². The van der Waals surface area contributed by atoms with Crippen molar-refractivity contribution in [2.45, 2.75) is 19.1 Å². The molecule has 7 heteroatoms. The van der Waals surface area contributed by atoms with Crippen molar-refractivity contribution in [1.29, 1.82) is 5.26 Å². The smallest absolute Gasteiger partial charge is 0.248 e. The van der Waals surface area contributed by atoms with Crippen molar-refractivity contribution in [1.82, 2.24) is 0 Å². The molecule has 0 heterocycles. The summed E-state index contributed by atoms with van der Waals surface area (Å²) in [5, 5.41) is 10.0. The standard InChI is InChI=1S/C11H13N3O3S/c1-8(7-12)18(16,17)14-11-5-3-10(4-6-11)13-9(2)15/h3-6,8,14H,1-2H3,(H,13,15). The summed E-state index contributed by atoms with van der Waals surface area (Å²) < 4.78 is 25.5. The number of nitrogens with one attached hydrogen (secondary N) is 2. The van der Waals surface area contributed by atoms with Crippen LogP contribution in [0.25, 0.3) is 0 Å². The van der Waals surface area contributed by atoms with Gasteiger partial charge in [0, 0.05) is 18.3 Å². The van der Waals surface area contributed by atoms with Gasteiger partial charge in [-0.2, -0.15) is 5.26 Å². The summed E-state index contributed by atoms with van der Waals surface area (Å²) in [4.78, 5) is 10.8. The third kappa shape index (κ3) is 3.75. The first kappa shape index (κ1) is 14.0. The van der Waals surface area contributed by atoms with Gasteiger partial charge in [-0.05, 0) is 31.2 Å². The molecule has 2 N–H and O–H groups in total. The van der Waals surface area contributed by atoms with Crippen molar-refractivity contribution >= 4 is 27.3 Å². The highest BCUT2D eigenvalue weighted by atomic mass is 32.2. The van der Waals surface area contributed by atoms with E-state index in [0.717, 1.165) is 0 Å². The molecule has 0 radical (unpaired) electrons. The number of sulfonamides is 1. The minimum atomic E-state index is -3.70. The van der Waals surface area contributed by atoms with Crippen molar-refractivity contribution in [3.05, 3.63) is 24.3 Å². The first-order chi connectivity index (χ1) is 8.35. The van der Waals surface area contributed by atoms with Crippen LogP contribution >= 0.6 is 0 Å². The van der Waals surface area contributed by atoms with Gasteiger partial charge in [0.2, 0.25) is 15.9 Å². The maximum atomic E-state index is 11.6. The zero-order chi connectivity index (χ0) is 13.8.